The molecule has 0 aliphatic heterocycles. The normalized spacial score (nSPS) is 10.1. The molecule has 15 heavy (non-hydrogen) atoms. The molecule has 0 radical (unpaired) electrons. The highest BCUT2D eigenvalue weighted by Crippen LogP contribution is 2.18. The Bertz CT molecular complexity index is 502. The summed E-state index contributed by atoms with van der Waals surface area (Å²) in [6.07, 6.45) is 2.46. The first-order chi connectivity index (χ1) is 7.35. The molecule has 0 aliphatic carbocycles. The number of fused-ring (bicyclic) bond motifs is 1. The average molecular weight is 203 g/mol. The predicted octanol–water partition coefficient (Wildman–Crippen LogP) is 1.65. The van der Waals surface area contributed by atoms with E-state index >= 15 is 0 Å². The molecule has 0 spiro atoms. The van der Waals surface area contributed by atoms with Gasteiger partial charge in [0, 0.05) is 22.7 Å². The smallest absolute Gasteiger partial charge is 0.293 e. The van der Waals surface area contributed by atoms with Gasteiger partial charge in [0.05, 0.1) is 0 Å². The molecule has 1 heterocycles. The summed E-state index contributed by atoms with van der Waals surface area (Å²) in [5.74, 6) is 0. The maximum absolute atomic E-state index is 10.6. The van der Waals surface area contributed by atoms with Crippen molar-refractivity contribution >= 4 is 23.7 Å². The van der Waals surface area contributed by atoms with E-state index in [-0.39, 0.29) is 6.61 Å². The Morgan fingerprint density at radius 3 is 2.93 bits per heavy atom. The van der Waals surface area contributed by atoms with Crippen molar-refractivity contribution in [1.29, 1.82) is 0 Å². The number of aromatic nitrogens is 1. The number of nitrogens with one attached hydrogen (secondary N) is 1. The summed E-state index contributed by atoms with van der Waals surface area (Å²) >= 11 is 0. The van der Waals surface area contributed by atoms with Crippen LogP contribution in [0.25, 0.3) is 10.9 Å². The van der Waals surface area contributed by atoms with Gasteiger partial charge in [-0.25, -0.2) is 0 Å². The predicted molar refractivity (Wildman–Crippen MR) is 54.5 cm³/mol. The van der Waals surface area contributed by atoms with Gasteiger partial charge in [0.2, 0.25) is 0 Å². The first-order valence-corrected chi connectivity index (χ1v) is 4.45. The third-order valence-corrected chi connectivity index (χ3v) is 2.22. The quantitative estimate of drug-likeness (QED) is 0.768. The molecule has 4 heteroatoms. The monoisotopic (exact) mass is 203 g/mol. The fourth-order valence-corrected chi connectivity index (χ4v) is 1.51. The third kappa shape index (κ3) is 1.74. The minimum atomic E-state index is 0.245. The Kier molecular flexibility index (Phi) is 2.49. The van der Waals surface area contributed by atoms with Gasteiger partial charge >= 0.3 is 0 Å². The lowest BCUT2D eigenvalue weighted by Crippen LogP contribution is -1.89. The Morgan fingerprint density at radius 1 is 1.33 bits per heavy atom. The molecule has 76 valence electrons. The lowest BCUT2D eigenvalue weighted by molar-refractivity contribution is -0.129. The zero-order valence-electron chi connectivity index (χ0n) is 7.90. The number of hydrogen-bond acceptors (Lipinski definition) is 3. The molecule has 1 N–H and O–H groups in total. The van der Waals surface area contributed by atoms with Gasteiger partial charge in [0.25, 0.3) is 6.47 Å². The highest BCUT2D eigenvalue weighted by molar-refractivity contribution is 5.97. The zero-order valence-corrected chi connectivity index (χ0v) is 7.90. The van der Waals surface area contributed by atoms with Crippen molar-refractivity contribution in [3.8, 4) is 0 Å². The van der Waals surface area contributed by atoms with Crippen LogP contribution in [0.4, 0.5) is 0 Å². The van der Waals surface area contributed by atoms with Gasteiger partial charge in [-0.15, -0.1) is 0 Å². The molecule has 4 nitrogen and oxygen atoms in total. The number of rotatable bonds is 4. The van der Waals surface area contributed by atoms with Crippen LogP contribution < -0.4 is 0 Å². The molecule has 2 aromatic rings. The van der Waals surface area contributed by atoms with E-state index < -0.39 is 0 Å². The summed E-state index contributed by atoms with van der Waals surface area (Å²) in [5.41, 5.74) is 2.38. The van der Waals surface area contributed by atoms with Crippen LogP contribution in [0.2, 0.25) is 0 Å². The van der Waals surface area contributed by atoms with Crippen molar-refractivity contribution in [1.82, 2.24) is 4.98 Å². The van der Waals surface area contributed by atoms with Gasteiger partial charge in [-0.3, -0.25) is 9.59 Å². The van der Waals surface area contributed by atoms with E-state index in [4.69, 9.17) is 0 Å². The van der Waals surface area contributed by atoms with Crippen molar-refractivity contribution in [3.63, 3.8) is 0 Å². The van der Waals surface area contributed by atoms with E-state index in [0.29, 0.717) is 12.0 Å². The Hall–Kier alpha value is -2.10. The summed E-state index contributed by atoms with van der Waals surface area (Å²) in [4.78, 5) is 23.6. The van der Waals surface area contributed by atoms with Crippen LogP contribution in [0.1, 0.15) is 15.9 Å². The van der Waals surface area contributed by atoms with Gasteiger partial charge in [-0.05, 0) is 11.6 Å². The highest BCUT2D eigenvalue weighted by atomic mass is 16.5. The highest BCUT2D eigenvalue weighted by Gasteiger charge is 2.03. The van der Waals surface area contributed by atoms with E-state index in [1.165, 1.54) is 0 Å². The van der Waals surface area contributed by atoms with E-state index in [2.05, 4.69) is 9.72 Å². The number of hydrogen-bond donors (Lipinski definition) is 1. The van der Waals surface area contributed by atoms with Crippen LogP contribution in [-0.2, 0) is 16.1 Å². The van der Waals surface area contributed by atoms with E-state index in [1.54, 1.807) is 6.20 Å². The van der Waals surface area contributed by atoms with Crippen LogP contribution in [0.5, 0.6) is 0 Å². The summed E-state index contributed by atoms with van der Waals surface area (Å²) in [5, 5.41) is 0.875. The molecule has 0 amide bonds. The molecule has 1 aromatic heterocycles. The minimum Gasteiger partial charge on any atom is -0.463 e. The van der Waals surface area contributed by atoms with Crippen molar-refractivity contribution < 1.29 is 14.3 Å². The number of carbonyl (C=O) groups is 2. The SMILES string of the molecule is O=COCc1ccc2c(C=O)c[nH]c2c1. The lowest BCUT2D eigenvalue weighted by atomic mass is 10.1. The van der Waals surface area contributed by atoms with Gasteiger partial charge in [-0.2, -0.15) is 0 Å². The van der Waals surface area contributed by atoms with Crippen LogP contribution >= 0.6 is 0 Å². The Labute approximate surface area is 85.9 Å². The number of ether oxygens (including phenoxy) is 1. The van der Waals surface area contributed by atoms with E-state index in [0.717, 1.165) is 22.8 Å². The summed E-state index contributed by atoms with van der Waals surface area (Å²) in [6, 6.07) is 5.51. The third-order valence-electron chi connectivity index (χ3n) is 2.22. The minimum absolute atomic E-state index is 0.245. The van der Waals surface area contributed by atoms with Crippen LogP contribution in [0.3, 0.4) is 0 Å². The number of aromatic amines is 1. The van der Waals surface area contributed by atoms with Crippen molar-refractivity contribution in [2.45, 2.75) is 6.61 Å². The Balaban J connectivity index is 2.39. The number of H-pyrrole nitrogens is 1. The van der Waals surface area contributed by atoms with Crippen LogP contribution in [0.15, 0.2) is 24.4 Å². The zero-order chi connectivity index (χ0) is 10.7. The van der Waals surface area contributed by atoms with Crippen LogP contribution in [-0.4, -0.2) is 17.7 Å². The van der Waals surface area contributed by atoms with Crippen molar-refractivity contribution in [2.24, 2.45) is 0 Å². The first-order valence-electron chi connectivity index (χ1n) is 4.45. The van der Waals surface area contributed by atoms with Gasteiger partial charge < -0.3 is 9.72 Å². The molecule has 1 aromatic carbocycles. The maximum atomic E-state index is 10.6. The first kappa shape index (κ1) is 9.45. The molecule has 0 atom stereocenters. The lowest BCUT2D eigenvalue weighted by Gasteiger charge is -1.99. The van der Waals surface area contributed by atoms with Gasteiger partial charge in [-0.1, -0.05) is 12.1 Å². The number of benzene rings is 1. The standard InChI is InChI=1S/C11H9NO3/c13-5-9-4-12-11-3-8(6-15-7-14)1-2-10(9)11/h1-5,7,12H,6H2. The molecule has 2 rings (SSSR count). The second-order valence-corrected chi connectivity index (χ2v) is 3.15. The fourth-order valence-electron chi connectivity index (χ4n) is 1.51. The molecule has 0 unspecified atom stereocenters. The molecule has 0 bridgehead atoms. The molecular weight excluding hydrogens is 194 g/mol. The van der Waals surface area contributed by atoms with Crippen LogP contribution in [0, 0.1) is 0 Å². The van der Waals surface area contributed by atoms with Gasteiger partial charge in [0.1, 0.15) is 6.61 Å². The topological polar surface area (TPSA) is 59.2 Å². The summed E-state index contributed by atoms with van der Waals surface area (Å²) in [7, 11) is 0. The molecule has 0 saturated carbocycles. The second-order valence-electron chi connectivity index (χ2n) is 3.15. The van der Waals surface area contributed by atoms with E-state index in [9.17, 15) is 9.59 Å². The molecule has 0 aliphatic rings. The fraction of sp³-hybridized carbons (Fsp3) is 0.0909. The average Bonchev–Trinajstić information content (AvgIpc) is 2.68. The Morgan fingerprint density at radius 2 is 2.20 bits per heavy atom. The number of aldehydes is 1. The summed E-state index contributed by atoms with van der Waals surface area (Å²) in [6.45, 7) is 0.657. The van der Waals surface area contributed by atoms with E-state index in [1.807, 2.05) is 18.2 Å². The molecule has 0 saturated heterocycles. The second kappa shape index (κ2) is 3.96. The molecular formula is C11H9NO3. The summed E-state index contributed by atoms with van der Waals surface area (Å²) < 4.78 is 4.64. The largest absolute Gasteiger partial charge is 0.463 e. The van der Waals surface area contributed by atoms with Crippen molar-refractivity contribution in [3.05, 3.63) is 35.5 Å². The molecule has 0 fully saturated rings. The van der Waals surface area contributed by atoms with Crippen molar-refractivity contribution in [2.75, 3.05) is 0 Å². The number of carbonyl (C=O) groups excluding carboxylic acids is 2. The maximum Gasteiger partial charge on any atom is 0.293 e. The van der Waals surface area contributed by atoms with Gasteiger partial charge in [0.15, 0.2) is 6.29 Å².